The van der Waals surface area contributed by atoms with Gasteiger partial charge in [-0.25, -0.2) is 29.9 Å². The van der Waals surface area contributed by atoms with Crippen LogP contribution in [0, 0.1) is 13.8 Å². The minimum atomic E-state index is -0.193. The highest BCUT2D eigenvalue weighted by molar-refractivity contribution is 5.77. The van der Waals surface area contributed by atoms with Crippen LogP contribution in [0.2, 0.25) is 0 Å². The summed E-state index contributed by atoms with van der Waals surface area (Å²) in [7, 11) is 0. The number of benzene rings is 6. The molecular formula is C54H52N6O8. The van der Waals surface area contributed by atoms with Crippen LogP contribution in [0.3, 0.4) is 0 Å². The zero-order chi connectivity index (χ0) is 47.1. The Labute approximate surface area is 395 Å². The van der Waals surface area contributed by atoms with Crippen molar-refractivity contribution in [1.29, 1.82) is 0 Å². The predicted octanol–water partition coefficient (Wildman–Crippen LogP) is 10.3. The van der Waals surface area contributed by atoms with Crippen molar-refractivity contribution in [2.45, 2.75) is 35.1 Å². The van der Waals surface area contributed by atoms with Gasteiger partial charge in [0.25, 0.3) is 0 Å². The average molecular weight is 913 g/mol. The SMILES string of the molecule is C.CC(=O)COCCOCC(C)=O.Cc1cccc(-c2nc(-c3ccccc3)nc(-c3ccc(OCOc4cc(O)c(-c5nc(-c6ccccc6)nc(-c6ccccc6)n5)cc4C)cc3O)n2)c1. The van der Waals surface area contributed by atoms with Crippen LogP contribution in [0.5, 0.6) is 23.0 Å². The molecule has 14 nitrogen and oxygen atoms in total. The Morgan fingerprint density at radius 2 is 0.912 bits per heavy atom. The zero-order valence-electron chi connectivity index (χ0n) is 37.4. The van der Waals surface area contributed by atoms with Crippen molar-refractivity contribution in [3.8, 4) is 91.3 Å². The number of phenolic OH excluding ortho intramolecular Hbond substituents is 2. The molecule has 2 N–H and O–H groups in total. The second-order valence-corrected chi connectivity index (χ2v) is 15.3. The molecule has 0 fully saturated rings. The first-order chi connectivity index (χ1) is 32.5. The summed E-state index contributed by atoms with van der Waals surface area (Å²) >= 11 is 0. The van der Waals surface area contributed by atoms with Gasteiger partial charge in [-0.3, -0.25) is 9.59 Å². The summed E-state index contributed by atoms with van der Waals surface area (Å²) in [4.78, 5) is 49.1. The molecule has 0 atom stereocenters. The molecule has 0 aliphatic carbocycles. The lowest BCUT2D eigenvalue weighted by molar-refractivity contribution is -0.124. The maximum atomic E-state index is 11.2. The van der Waals surface area contributed by atoms with Crippen molar-refractivity contribution >= 4 is 11.6 Å². The van der Waals surface area contributed by atoms with Gasteiger partial charge < -0.3 is 29.2 Å². The number of Topliss-reactive ketones (excluding diaryl/α,β-unsaturated/α-hetero) is 2. The second-order valence-electron chi connectivity index (χ2n) is 15.3. The Bertz CT molecular complexity index is 2880. The third-order valence-corrected chi connectivity index (χ3v) is 9.81. The van der Waals surface area contributed by atoms with Gasteiger partial charge in [-0.15, -0.1) is 0 Å². The van der Waals surface area contributed by atoms with Gasteiger partial charge in [0.05, 0.1) is 24.3 Å². The normalized spacial score (nSPS) is 10.6. The lowest BCUT2D eigenvalue weighted by atomic mass is 10.1. The van der Waals surface area contributed by atoms with E-state index in [4.69, 9.17) is 48.9 Å². The van der Waals surface area contributed by atoms with Crippen molar-refractivity contribution in [3.63, 3.8) is 0 Å². The molecular weight excluding hydrogens is 861 g/mol. The van der Waals surface area contributed by atoms with E-state index >= 15 is 0 Å². The molecule has 2 aromatic heterocycles. The number of nitrogens with zero attached hydrogens (tertiary/aromatic N) is 6. The molecule has 8 aromatic rings. The molecule has 8 rings (SSSR count). The molecule has 0 unspecified atom stereocenters. The van der Waals surface area contributed by atoms with Gasteiger partial charge in [0, 0.05) is 34.4 Å². The molecule has 68 heavy (non-hydrogen) atoms. The van der Waals surface area contributed by atoms with Crippen LogP contribution >= 0.6 is 0 Å². The maximum absolute atomic E-state index is 11.2. The maximum Gasteiger partial charge on any atom is 0.230 e. The number of aryl methyl sites for hydroxylation is 2. The van der Waals surface area contributed by atoms with Gasteiger partial charge in [-0.2, -0.15) is 0 Å². The number of ketones is 2. The van der Waals surface area contributed by atoms with Crippen molar-refractivity contribution in [1.82, 2.24) is 29.9 Å². The largest absolute Gasteiger partial charge is 0.507 e. The lowest BCUT2D eigenvalue weighted by Crippen LogP contribution is -2.12. The van der Waals surface area contributed by atoms with E-state index in [0.29, 0.717) is 70.8 Å². The summed E-state index contributed by atoms with van der Waals surface area (Å²) in [5, 5.41) is 22.4. The lowest BCUT2D eigenvalue weighted by Gasteiger charge is -2.14. The first-order valence-corrected chi connectivity index (χ1v) is 21.3. The molecule has 0 aliphatic heterocycles. The van der Waals surface area contributed by atoms with Crippen molar-refractivity contribution in [2.24, 2.45) is 0 Å². The van der Waals surface area contributed by atoms with Gasteiger partial charge >= 0.3 is 0 Å². The molecule has 14 heteroatoms. The number of phenols is 2. The van der Waals surface area contributed by atoms with Crippen LogP contribution in [-0.2, 0) is 19.1 Å². The number of hydrogen-bond acceptors (Lipinski definition) is 14. The summed E-state index contributed by atoms with van der Waals surface area (Å²) in [6.45, 7) is 7.53. The van der Waals surface area contributed by atoms with Gasteiger partial charge in [0.2, 0.25) is 6.79 Å². The summed E-state index contributed by atoms with van der Waals surface area (Å²) in [5.41, 5.74) is 5.98. The van der Waals surface area contributed by atoms with Crippen LogP contribution in [0.25, 0.3) is 68.3 Å². The molecule has 2 heterocycles. The standard InChI is InChI=1S/C45H34N6O4.C8H14O4.CH4/c1-28-13-12-20-33(23-28)43-47-42(32-18-10-5-11-19-32)48-44(51-43)35-22-21-34(25-37(35)52)54-27-55-39-26-38(53)36(24-29(39)2)45-49-40(30-14-6-3-7-15-30)46-41(50-45)31-16-8-4-9-17-31;1-7(9)5-11-3-4-12-6-8(2)10;/h3-26,52-53H,27H2,1-2H3;3-6H2,1-2H3;1H4. The van der Waals surface area contributed by atoms with Crippen LogP contribution in [0.4, 0.5) is 0 Å². The van der Waals surface area contributed by atoms with Crippen molar-refractivity contribution in [3.05, 3.63) is 157 Å². The van der Waals surface area contributed by atoms with Gasteiger partial charge in [-0.1, -0.05) is 122 Å². The Morgan fingerprint density at radius 1 is 0.471 bits per heavy atom. The van der Waals surface area contributed by atoms with Gasteiger partial charge in [0.15, 0.2) is 46.5 Å². The van der Waals surface area contributed by atoms with E-state index in [0.717, 1.165) is 33.4 Å². The minimum Gasteiger partial charge on any atom is -0.507 e. The number of carbonyl (C=O) groups excluding carboxylic acids is 2. The van der Waals surface area contributed by atoms with Crippen LogP contribution in [-0.4, -0.2) is 84.9 Å². The number of carbonyl (C=O) groups is 2. The summed E-state index contributed by atoms with van der Waals surface area (Å²) < 4.78 is 21.6. The zero-order valence-corrected chi connectivity index (χ0v) is 37.4. The molecule has 346 valence electrons. The van der Waals surface area contributed by atoms with E-state index < -0.39 is 0 Å². The Morgan fingerprint density at radius 3 is 1.38 bits per heavy atom. The molecule has 6 aromatic carbocycles. The van der Waals surface area contributed by atoms with Gasteiger partial charge in [0.1, 0.15) is 36.2 Å². The van der Waals surface area contributed by atoms with E-state index in [9.17, 15) is 19.8 Å². The summed E-state index contributed by atoms with van der Waals surface area (Å²) in [6, 6.07) is 45.0. The number of rotatable bonds is 17. The predicted molar refractivity (Wildman–Crippen MR) is 261 cm³/mol. The van der Waals surface area contributed by atoms with Crippen molar-refractivity contribution in [2.75, 3.05) is 33.2 Å². The highest BCUT2D eigenvalue weighted by atomic mass is 16.7. The first kappa shape index (κ1) is 49.2. The molecule has 0 saturated carbocycles. The number of hydrogen-bond donors (Lipinski definition) is 2. The van der Waals surface area contributed by atoms with Crippen molar-refractivity contribution < 1.29 is 38.7 Å². The summed E-state index contributed by atoms with van der Waals surface area (Å²) in [5.74, 6) is 3.22. The smallest absolute Gasteiger partial charge is 0.230 e. The third-order valence-electron chi connectivity index (χ3n) is 9.81. The monoisotopic (exact) mass is 912 g/mol. The molecule has 0 radical (unpaired) electrons. The van der Waals surface area contributed by atoms with E-state index in [1.165, 1.54) is 26.0 Å². The highest BCUT2D eigenvalue weighted by Crippen LogP contribution is 2.36. The third kappa shape index (κ3) is 13.4. The van der Waals surface area contributed by atoms with E-state index in [2.05, 4.69) is 0 Å². The second kappa shape index (κ2) is 23.8. The molecule has 0 aliphatic rings. The Balaban J connectivity index is 0.000000518. The fourth-order valence-electron chi connectivity index (χ4n) is 6.57. The quantitative estimate of drug-likeness (QED) is 0.0648. The minimum absolute atomic E-state index is 0. The molecule has 0 spiro atoms. The van der Waals surface area contributed by atoms with Crippen LogP contribution in [0.1, 0.15) is 32.4 Å². The van der Waals surface area contributed by atoms with Crippen LogP contribution in [0.15, 0.2) is 146 Å². The number of ether oxygens (including phenoxy) is 4. The molecule has 0 saturated heterocycles. The first-order valence-electron chi connectivity index (χ1n) is 21.3. The Kier molecular flexibility index (Phi) is 17.3. The highest BCUT2D eigenvalue weighted by Gasteiger charge is 2.18. The number of aromatic hydroxyl groups is 2. The van der Waals surface area contributed by atoms with E-state index in [-0.39, 0.29) is 50.5 Å². The molecule has 0 amide bonds. The average Bonchev–Trinajstić information content (AvgIpc) is 3.34. The Hall–Kier alpha value is -8.20. The fraction of sp³-hybridized carbons (Fsp3) is 0.185. The van der Waals surface area contributed by atoms with E-state index in [1.54, 1.807) is 18.2 Å². The summed E-state index contributed by atoms with van der Waals surface area (Å²) in [6.07, 6.45) is 0. The fourth-order valence-corrected chi connectivity index (χ4v) is 6.57. The topological polar surface area (TPSA) is 189 Å². The molecule has 0 bridgehead atoms. The van der Waals surface area contributed by atoms with Gasteiger partial charge in [-0.05, 0) is 57.5 Å². The van der Waals surface area contributed by atoms with Crippen LogP contribution < -0.4 is 9.47 Å². The number of aromatic nitrogens is 6. The van der Waals surface area contributed by atoms with E-state index in [1.807, 2.05) is 129 Å².